The van der Waals surface area contributed by atoms with Crippen LogP contribution in [0.25, 0.3) is 22.5 Å². The maximum Gasteiger partial charge on any atom is 0.240 e. The Labute approximate surface area is 178 Å². The molecule has 1 fully saturated rings. The molecule has 0 spiro atoms. The number of nitrogens with two attached hydrogens (primary N) is 1. The lowest BCUT2D eigenvalue weighted by Gasteiger charge is -2.28. The normalized spacial score (nSPS) is 14.6. The fourth-order valence-corrected chi connectivity index (χ4v) is 6.32. The second kappa shape index (κ2) is 8.39. The molecule has 166 valence electrons. The minimum Gasteiger partial charge on any atom is -0.390 e. The zero-order valence-electron chi connectivity index (χ0n) is 15.3. The predicted molar refractivity (Wildman–Crippen MR) is 111 cm³/mol. The van der Waals surface area contributed by atoms with E-state index in [9.17, 15) is 21.9 Å². The third-order valence-electron chi connectivity index (χ3n) is 4.76. The van der Waals surface area contributed by atoms with E-state index >= 15 is 0 Å². The topological polar surface area (TPSA) is 194 Å². The molecule has 0 bridgehead atoms. The van der Waals surface area contributed by atoms with Crippen molar-refractivity contribution in [3.63, 3.8) is 0 Å². The van der Waals surface area contributed by atoms with Gasteiger partial charge in [0.15, 0.2) is 9.84 Å². The van der Waals surface area contributed by atoms with E-state index in [-0.39, 0.29) is 38.5 Å². The standard InChI is InChI=1S/C16H17N7O5S2.CH4/c17-30(27,28)15-13(29(25,26)11-6-18-7-11)4-3-12(14(15)16-20-22-23-21-16)9-1-2-10(8-24)19-5-9;/h1-5,11,18,24H,6-8H2,(H2,17,27,28)(H,20,21,22,23);1H4. The Balaban J connectivity index is 0.00000272. The molecule has 0 saturated carbocycles. The fraction of sp³-hybridized carbons (Fsp3) is 0.294. The molecular formula is C17H21N7O5S2. The van der Waals surface area contributed by atoms with Gasteiger partial charge in [-0.2, -0.15) is 5.21 Å². The maximum absolute atomic E-state index is 13.1. The van der Waals surface area contributed by atoms with Crippen molar-refractivity contribution in [2.24, 2.45) is 5.14 Å². The lowest BCUT2D eigenvalue weighted by atomic mass is 10.0. The van der Waals surface area contributed by atoms with E-state index in [1.807, 2.05) is 0 Å². The van der Waals surface area contributed by atoms with Gasteiger partial charge in [-0.05, 0) is 22.9 Å². The molecule has 14 heteroatoms. The highest BCUT2D eigenvalue weighted by Crippen LogP contribution is 2.39. The number of aromatic amines is 1. The number of hydrogen-bond acceptors (Lipinski definition) is 10. The summed E-state index contributed by atoms with van der Waals surface area (Å²) in [7, 11) is -8.51. The number of hydrogen-bond donors (Lipinski definition) is 4. The summed E-state index contributed by atoms with van der Waals surface area (Å²) < 4.78 is 51.3. The van der Waals surface area contributed by atoms with E-state index in [1.165, 1.54) is 18.3 Å². The number of H-pyrrole nitrogens is 1. The smallest absolute Gasteiger partial charge is 0.240 e. The van der Waals surface area contributed by atoms with Crippen molar-refractivity contribution < 1.29 is 21.9 Å². The van der Waals surface area contributed by atoms with E-state index in [0.29, 0.717) is 16.8 Å². The third kappa shape index (κ3) is 4.07. The van der Waals surface area contributed by atoms with Crippen molar-refractivity contribution in [3.8, 4) is 22.5 Å². The van der Waals surface area contributed by atoms with E-state index in [1.54, 1.807) is 12.1 Å². The van der Waals surface area contributed by atoms with Crippen LogP contribution in [0.15, 0.2) is 40.3 Å². The number of pyridine rings is 1. The van der Waals surface area contributed by atoms with Gasteiger partial charge in [-0.3, -0.25) is 4.98 Å². The minimum atomic E-state index is -4.52. The van der Waals surface area contributed by atoms with Crippen LogP contribution in [-0.4, -0.2) is 65.9 Å². The highest BCUT2D eigenvalue weighted by molar-refractivity contribution is 7.94. The molecule has 1 aliphatic heterocycles. The van der Waals surface area contributed by atoms with Gasteiger partial charge in [-0.15, -0.1) is 10.2 Å². The summed E-state index contributed by atoms with van der Waals surface area (Å²) in [4.78, 5) is 3.07. The van der Waals surface area contributed by atoms with Crippen LogP contribution in [-0.2, 0) is 26.5 Å². The van der Waals surface area contributed by atoms with Gasteiger partial charge in [0.2, 0.25) is 15.8 Å². The molecule has 0 aliphatic carbocycles. The lowest BCUT2D eigenvalue weighted by molar-refractivity contribution is 0.277. The molecule has 3 aromatic rings. The van der Waals surface area contributed by atoms with Gasteiger partial charge in [0.25, 0.3) is 0 Å². The number of sulfonamides is 1. The van der Waals surface area contributed by atoms with E-state index in [2.05, 4.69) is 30.9 Å². The number of nitrogens with one attached hydrogen (secondary N) is 2. The van der Waals surface area contributed by atoms with Crippen molar-refractivity contribution >= 4 is 19.9 Å². The van der Waals surface area contributed by atoms with Gasteiger partial charge in [-0.1, -0.05) is 19.6 Å². The van der Waals surface area contributed by atoms with Crippen LogP contribution in [0.5, 0.6) is 0 Å². The molecule has 31 heavy (non-hydrogen) atoms. The first kappa shape index (κ1) is 22.9. The van der Waals surface area contributed by atoms with Crippen LogP contribution in [0.4, 0.5) is 0 Å². The first-order valence-corrected chi connectivity index (χ1v) is 11.8. The van der Waals surface area contributed by atoms with Crippen LogP contribution >= 0.6 is 0 Å². The second-order valence-corrected chi connectivity index (χ2v) is 10.3. The highest BCUT2D eigenvalue weighted by atomic mass is 32.2. The first-order valence-electron chi connectivity index (χ1n) is 8.68. The first-order chi connectivity index (χ1) is 14.2. The number of primary sulfonamides is 1. The van der Waals surface area contributed by atoms with Crippen molar-refractivity contribution in [1.29, 1.82) is 0 Å². The summed E-state index contributed by atoms with van der Waals surface area (Å²) >= 11 is 0. The highest BCUT2D eigenvalue weighted by Gasteiger charge is 2.38. The lowest BCUT2D eigenvalue weighted by Crippen LogP contribution is -2.51. The second-order valence-electron chi connectivity index (χ2n) is 6.62. The average molecular weight is 468 g/mol. The number of aliphatic hydroxyl groups excluding tert-OH is 1. The molecule has 1 aliphatic rings. The van der Waals surface area contributed by atoms with Crippen LogP contribution in [0.3, 0.4) is 0 Å². The molecule has 0 unspecified atom stereocenters. The summed E-state index contributed by atoms with van der Waals surface area (Å²) in [5.41, 5.74) is 1.05. The van der Waals surface area contributed by atoms with Gasteiger partial charge in [0.1, 0.15) is 4.90 Å². The average Bonchev–Trinajstić information content (AvgIpc) is 3.19. The Hall–Kier alpha value is -2.78. The number of rotatable bonds is 6. The van der Waals surface area contributed by atoms with Crippen molar-refractivity contribution in [2.45, 2.75) is 29.1 Å². The van der Waals surface area contributed by atoms with Gasteiger partial charge in [-0.25, -0.2) is 22.0 Å². The van der Waals surface area contributed by atoms with Gasteiger partial charge in [0.05, 0.1) is 28.0 Å². The largest absolute Gasteiger partial charge is 0.390 e. The summed E-state index contributed by atoms with van der Waals surface area (Å²) in [6.07, 6.45) is 1.42. The SMILES string of the molecule is C.NS(=O)(=O)c1c(S(=O)(=O)C2CNC2)ccc(-c2ccc(CO)nc2)c1-c1nn[nH]n1. The van der Waals surface area contributed by atoms with E-state index in [0.717, 1.165) is 0 Å². The molecule has 5 N–H and O–H groups in total. The summed E-state index contributed by atoms with van der Waals surface area (Å²) in [5, 5.41) is 30.1. The maximum atomic E-state index is 13.1. The molecule has 3 heterocycles. The Morgan fingerprint density at radius 2 is 1.87 bits per heavy atom. The fourth-order valence-electron chi connectivity index (χ4n) is 3.14. The van der Waals surface area contributed by atoms with Gasteiger partial charge < -0.3 is 10.4 Å². The Morgan fingerprint density at radius 3 is 2.35 bits per heavy atom. The van der Waals surface area contributed by atoms with Crippen LogP contribution in [0.2, 0.25) is 0 Å². The van der Waals surface area contributed by atoms with Crippen LogP contribution in [0, 0.1) is 0 Å². The number of nitrogens with zero attached hydrogens (tertiary/aromatic N) is 4. The van der Waals surface area contributed by atoms with Gasteiger partial charge in [0, 0.05) is 24.8 Å². The molecule has 2 aromatic heterocycles. The minimum absolute atomic E-state index is 0. The van der Waals surface area contributed by atoms with Crippen molar-refractivity contribution in [2.75, 3.05) is 13.1 Å². The Bertz CT molecular complexity index is 1290. The molecule has 4 rings (SSSR count). The van der Waals surface area contributed by atoms with Crippen LogP contribution < -0.4 is 10.5 Å². The predicted octanol–water partition coefficient (Wildman–Crippen LogP) is -0.550. The number of tetrazole rings is 1. The molecular weight excluding hydrogens is 446 g/mol. The summed E-state index contributed by atoms with van der Waals surface area (Å²) in [5.74, 6) is -0.135. The molecule has 1 saturated heterocycles. The number of sulfone groups is 1. The van der Waals surface area contributed by atoms with Gasteiger partial charge >= 0.3 is 0 Å². The number of aliphatic hydroxyl groups is 1. The monoisotopic (exact) mass is 467 g/mol. The van der Waals surface area contributed by atoms with Crippen LogP contribution in [0.1, 0.15) is 13.1 Å². The molecule has 0 radical (unpaired) electrons. The zero-order chi connectivity index (χ0) is 21.5. The zero-order valence-corrected chi connectivity index (χ0v) is 17.0. The molecule has 12 nitrogen and oxygen atoms in total. The third-order valence-corrected chi connectivity index (χ3v) is 8.05. The van der Waals surface area contributed by atoms with Crippen molar-refractivity contribution in [1.82, 2.24) is 30.9 Å². The molecule has 1 aromatic carbocycles. The summed E-state index contributed by atoms with van der Waals surface area (Å²) in [6.45, 7) is 0.142. The quantitative estimate of drug-likeness (QED) is 0.365. The number of aromatic nitrogens is 5. The summed E-state index contributed by atoms with van der Waals surface area (Å²) in [6, 6.07) is 5.83. The Morgan fingerprint density at radius 1 is 1.13 bits per heavy atom. The molecule has 0 atom stereocenters. The number of benzene rings is 1. The Kier molecular flexibility index (Phi) is 6.20. The van der Waals surface area contributed by atoms with Crippen molar-refractivity contribution in [3.05, 3.63) is 36.2 Å². The molecule has 0 amide bonds. The van der Waals surface area contributed by atoms with E-state index < -0.39 is 34.9 Å². The van der Waals surface area contributed by atoms with E-state index in [4.69, 9.17) is 5.14 Å².